The number of nitrogens with one attached hydrogen (secondary N) is 2. The summed E-state index contributed by atoms with van der Waals surface area (Å²) in [6.45, 7) is 4.87. The van der Waals surface area contributed by atoms with E-state index in [2.05, 4.69) is 15.0 Å². The molecular formula is C14H19N3O2S2. The lowest BCUT2D eigenvalue weighted by molar-refractivity contribution is 0.581. The Morgan fingerprint density at radius 2 is 2.05 bits per heavy atom. The summed E-state index contributed by atoms with van der Waals surface area (Å²) in [7, 11) is -3.56. The van der Waals surface area contributed by atoms with Crippen LogP contribution >= 0.6 is 11.3 Å². The summed E-state index contributed by atoms with van der Waals surface area (Å²) in [5.74, 6) is 0. The van der Waals surface area contributed by atoms with Crippen molar-refractivity contribution in [1.82, 2.24) is 9.71 Å². The number of hydrogen-bond acceptors (Lipinski definition) is 5. The normalized spacial score (nSPS) is 11.5. The average Bonchev–Trinajstić information content (AvgIpc) is 2.89. The minimum Gasteiger partial charge on any atom is -0.384 e. The molecule has 0 aliphatic heterocycles. The topological polar surface area (TPSA) is 71.1 Å². The highest BCUT2D eigenvalue weighted by Gasteiger charge is 2.18. The Kier molecular flexibility index (Phi) is 5.33. The Balaban J connectivity index is 2.15. The zero-order valence-electron chi connectivity index (χ0n) is 12.1. The summed E-state index contributed by atoms with van der Waals surface area (Å²) in [6.07, 6.45) is 0.931. The summed E-state index contributed by atoms with van der Waals surface area (Å²) in [5, 5.41) is 5.80. The van der Waals surface area contributed by atoms with E-state index >= 15 is 0 Å². The van der Waals surface area contributed by atoms with Gasteiger partial charge in [0.25, 0.3) is 0 Å². The van der Waals surface area contributed by atoms with Crippen LogP contribution in [0.4, 0.5) is 5.69 Å². The molecule has 0 bridgehead atoms. The Hall–Kier alpha value is -1.44. The van der Waals surface area contributed by atoms with Crippen LogP contribution in [0.25, 0.3) is 0 Å². The van der Waals surface area contributed by atoms with E-state index in [0.717, 1.165) is 23.7 Å². The predicted octanol–water partition coefficient (Wildman–Crippen LogP) is 2.75. The zero-order chi connectivity index (χ0) is 15.3. The van der Waals surface area contributed by atoms with Crippen LogP contribution < -0.4 is 10.0 Å². The first kappa shape index (κ1) is 15.9. The fourth-order valence-corrected chi connectivity index (χ4v) is 3.80. The minimum atomic E-state index is -3.56. The van der Waals surface area contributed by atoms with Crippen molar-refractivity contribution in [2.75, 3.05) is 11.9 Å². The Morgan fingerprint density at radius 3 is 2.71 bits per heavy atom. The second-order valence-electron chi connectivity index (χ2n) is 4.63. The van der Waals surface area contributed by atoms with Gasteiger partial charge in [-0.25, -0.2) is 18.1 Å². The van der Waals surface area contributed by atoms with Gasteiger partial charge in [0.05, 0.1) is 12.2 Å². The van der Waals surface area contributed by atoms with Crippen molar-refractivity contribution in [1.29, 1.82) is 0 Å². The highest BCUT2D eigenvalue weighted by molar-refractivity contribution is 7.89. The molecule has 0 spiro atoms. The van der Waals surface area contributed by atoms with Crippen molar-refractivity contribution in [3.05, 3.63) is 40.3 Å². The third kappa shape index (κ3) is 4.26. The van der Waals surface area contributed by atoms with Crippen LogP contribution in [-0.2, 0) is 16.6 Å². The molecular weight excluding hydrogens is 306 g/mol. The molecule has 2 rings (SSSR count). The van der Waals surface area contributed by atoms with Gasteiger partial charge in [0.15, 0.2) is 0 Å². The molecule has 0 unspecified atom stereocenters. The van der Waals surface area contributed by atoms with Crippen LogP contribution in [0.1, 0.15) is 24.0 Å². The van der Waals surface area contributed by atoms with E-state index in [1.165, 1.54) is 11.3 Å². The molecule has 0 saturated carbocycles. The van der Waals surface area contributed by atoms with Crippen LogP contribution in [0.2, 0.25) is 0 Å². The molecule has 2 N–H and O–H groups in total. The second-order valence-corrected chi connectivity index (χ2v) is 7.31. The first-order chi connectivity index (χ1) is 10.0. The van der Waals surface area contributed by atoms with Crippen molar-refractivity contribution in [2.45, 2.75) is 31.7 Å². The van der Waals surface area contributed by atoms with Crippen LogP contribution in [0, 0.1) is 6.92 Å². The number of nitrogens with zero attached hydrogens (tertiary/aromatic N) is 1. The summed E-state index contributed by atoms with van der Waals surface area (Å²) < 4.78 is 27.4. The van der Waals surface area contributed by atoms with Gasteiger partial charge in [0, 0.05) is 17.6 Å². The van der Waals surface area contributed by atoms with Crippen molar-refractivity contribution < 1.29 is 8.42 Å². The Bertz CT molecular complexity index is 696. The number of anilines is 1. The SMILES string of the molecule is CCCNc1ccccc1S(=O)(=O)NCc1nc(C)cs1. The van der Waals surface area contributed by atoms with Crippen molar-refractivity contribution in [2.24, 2.45) is 0 Å². The van der Waals surface area contributed by atoms with E-state index in [1.807, 2.05) is 25.3 Å². The molecule has 0 fully saturated rings. The fraction of sp³-hybridized carbons (Fsp3) is 0.357. The molecule has 0 amide bonds. The first-order valence-corrected chi connectivity index (χ1v) is 9.13. The smallest absolute Gasteiger partial charge is 0.243 e. The summed E-state index contributed by atoms with van der Waals surface area (Å²) in [6, 6.07) is 6.92. The van der Waals surface area contributed by atoms with Crippen LogP contribution in [0.5, 0.6) is 0 Å². The quantitative estimate of drug-likeness (QED) is 0.821. The number of hydrogen-bond donors (Lipinski definition) is 2. The molecule has 1 heterocycles. The van der Waals surface area contributed by atoms with E-state index in [-0.39, 0.29) is 11.4 Å². The van der Waals surface area contributed by atoms with Crippen molar-refractivity contribution >= 4 is 27.0 Å². The molecule has 21 heavy (non-hydrogen) atoms. The molecule has 5 nitrogen and oxygen atoms in total. The first-order valence-electron chi connectivity index (χ1n) is 6.76. The van der Waals surface area contributed by atoms with Gasteiger partial charge in [0.1, 0.15) is 9.90 Å². The summed E-state index contributed by atoms with van der Waals surface area (Å²) in [5.41, 5.74) is 1.53. The number of benzene rings is 1. The van der Waals surface area contributed by atoms with E-state index < -0.39 is 10.0 Å². The molecule has 114 valence electrons. The monoisotopic (exact) mass is 325 g/mol. The Labute approximate surface area is 129 Å². The molecule has 0 atom stereocenters. The molecule has 0 saturated heterocycles. The largest absolute Gasteiger partial charge is 0.384 e. The predicted molar refractivity (Wildman–Crippen MR) is 86.1 cm³/mol. The van der Waals surface area contributed by atoms with Gasteiger partial charge >= 0.3 is 0 Å². The molecule has 2 aromatic rings. The maximum Gasteiger partial charge on any atom is 0.243 e. The molecule has 1 aromatic heterocycles. The second kappa shape index (κ2) is 7.02. The van der Waals surface area contributed by atoms with Crippen LogP contribution in [-0.4, -0.2) is 19.9 Å². The lowest BCUT2D eigenvalue weighted by Crippen LogP contribution is -2.24. The van der Waals surface area contributed by atoms with E-state index in [4.69, 9.17) is 0 Å². The average molecular weight is 325 g/mol. The standard InChI is InChI=1S/C14H19N3O2S2/c1-3-8-15-12-6-4-5-7-13(12)21(18,19)16-9-14-17-11(2)10-20-14/h4-7,10,15-16H,3,8-9H2,1-2H3. The third-order valence-electron chi connectivity index (χ3n) is 2.82. The maximum absolute atomic E-state index is 12.4. The minimum absolute atomic E-state index is 0.211. The van der Waals surface area contributed by atoms with Crippen LogP contribution in [0.15, 0.2) is 34.5 Å². The molecule has 7 heteroatoms. The van der Waals surface area contributed by atoms with Crippen molar-refractivity contribution in [3.63, 3.8) is 0 Å². The van der Waals surface area contributed by atoms with Crippen molar-refractivity contribution in [3.8, 4) is 0 Å². The van der Waals surface area contributed by atoms with Crippen LogP contribution in [0.3, 0.4) is 0 Å². The van der Waals surface area contributed by atoms with E-state index in [1.54, 1.807) is 18.2 Å². The maximum atomic E-state index is 12.4. The highest BCUT2D eigenvalue weighted by atomic mass is 32.2. The van der Waals surface area contributed by atoms with E-state index in [9.17, 15) is 8.42 Å². The van der Waals surface area contributed by atoms with Gasteiger partial charge < -0.3 is 5.32 Å². The molecule has 1 aromatic carbocycles. The van der Waals surface area contributed by atoms with Gasteiger partial charge in [-0.15, -0.1) is 11.3 Å². The van der Waals surface area contributed by atoms with Gasteiger partial charge in [-0.3, -0.25) is 0 Å². The number of para-hydroxylation sites is 1. The third-order valence-corrected chi connectivity index (χ3v) is 5.25. The van der Waals surface area contributed by atoms with Gasteiger partial charge in [-0.1, -0.05) is 19.1 Å². The number of rotatable bonds is 7. The number of aryl methyl sites for hydroxylation is 1. The van der Waals surface area contributed by atoms with Gasteiger partial charge in [0.2, 0.25) is 10.0 Å². The lowest BCUT2D eigenvalue weighted by Gasteiger charge is -2.12. The van der Waals surface area contributed by atoms with E-state index in [0.29, 0.717) is 5.69 Å². The number of thiazole rings is 1. The molecule has 0 aliphatic rings. The summed E-state index contributed by atoms with van der Waals surface area (Å²) in [4.78, 5) is 4.53. The molecule has 0 aliphatic carbocycles. The lowest BCUT2D eigenvalue weighted by atomic mass is 10.3. The van der Waals surface area contributed by atoms with Gasteiger partial charge in [-0.2, -0.15) is 0 Å². The fourth-order valence-electron chi connectivity index (χ4n) is 1.83. The number of sulfonamides is 1. The zero-order valence-corrected chi connectivity index (χ0v) is 13.7. The summed E-state index contributed by atoms with van der Waals surface area (Å²) >= 11 is 1.45. The molecule has 0 radical (unpaired) electrons. The Morgan fingerprint density at radius 1 is 1.29 bits per heavy atom. The van der Waals surface area contributed by atoms with Gasteiger partial charge in [-0.05, 0) is 25.5 Å². The highest BCUT2D eigenvalue weighted by Crippen LogP contribution is 2.21. The number of aromatic nitrogens is 1.